The van der Waals surface area contributed by atoms with Crippen LogP contribution in [0.3, 0.4) is 0 Å². The van der Waals surface area contributed by atoms with Crippen molar-refractivity contribution in [1.82, 2.24) is 4.72 Å². The van der Waals surface area contributed by atoms with Crippen LogP contribution in [0.5, 0.6) is 0 Å². The quantitative estimate of drug-likeness (QED) is 0.834. The molecule has 5 heteroatoms. The first kappa shape index (κ1) is 12.7. The van der Waals surface area contributed by atoms with E-state index in [1.165, 1.54) is 6.92 Å². The second kappa shape index (κ2) is 5.64. The topological polar surface area (TPSA) is 70.0 Å². The third-order valence-electron chi connectivity index (χ3n) is 2.05. The number of hydrogen-bond donors (Lipinski definition) is 1. The first-order chi connectivity index (χ1) is 7.53. The fourth-order valence-corrected chi connectivity index (χ4v) is 2.47. The highest BCUT2D eigenvalue weighted by molar-refractivity contribution is 7.89. The standard InChI is InChI=1S/C11H14N2O2S/c1-10(9-12)13-16(14,15)8-7-11-5-3-2-4-6-11/h2-6,10,13H,7-8H2,1H3. The summed E-state index contributed by atoms with van der Waals surface area (Å²) in [5, 5.41) is 8.51. The highest BCUT2D eigenvalue weighted by Crippen LogP contribution is 2.01. The Kier molecular flexibility index (Phi) is 4.47. The lowest BCUT2D eigenvalue weighted by molar-refractivity contribution is 0.576. The van der Waals surface area contributed by atoms with Crippen molar-refractivity contribution in [1.29, 1.82) is 5.26 Å². The van der Waals surface area contributed by atoms with E-state index in [1.807, 2.05) is 36.4 Å². The number of benzene rings is 1. The lowest BCUT2D eigenvalue weighted by Crippen LogP contribution is -2.33. The van der Waals surface area contributed by atoms with E-state index in [2.05, 4.69) is 4.72 Å². The zero-order valence-electron chi connectivity index (χ0n) is 9.05. The molecule has 0 aliphatic heterocycles. The van der Waals surface area contributed by atoms with Crippen molar-refractivity contribution in [3.63, 3.8) is 0 Å². The van der Waals surface area contributed by atoms with Gasteiger partial charge < -0.3 is 0 Å². The Morgan fingerprint density at radius 1 is 1.38 bits per heavy atom. The maximum absolute atomic E-state index is 11.5. The summed E-state index contributed by atoms with van der Waals surface area (Å²) in [7, 11) is -3.36. The monoisotopic (exact) mass is 238 g/mol. The predicted octanol–water partition coefficient (Wildman–Crippen LogP) is 1.06. The van der Waals surface area contributed by atoms with E-state index >= 15 is 0 Å². The van der Waals surface area contributed by atoms with Gasteiger partial charge in [0.25, 0.3) is 0 Å². The van der Waals surface area contributed by atoms with Crippen LogP contribution < -0.4 is 4.72 Å². The number of rotatable bonds is 5. The van der Waals surface area contributed by atoms with Gasteiger partial charge in [0.15, 0.2) is 0 Å². The van der Waals surface area contributed by atoms with Crippen LogP contribution >= 0.6 is 0 Å². The van der Waals surface area contributed by atoms with Crippen LogP contribution in [0.2, 0.25) is 0 Å². The summed E-state index contributed by atoms with van der Waals surface area (Å²) in [6, 6.07) is 10.5. The molecule has 1 aromatic rings. The summed E-state index contributed by atoms with van der Waals surface area (Å²) >= 11 is 0. The second-order valence-electron chi connectivity index (χ2n) is 3.52. The van der Waals surface area contributed by atoms with Gasteiger partial charge in [0.2, 0.25) is 10.0 Å². The molecule has 0 fully saturated rings. The van der Waals surface area contributed by atoms with E-state index in [0.717, 1.165) is 5.56 Å². The lowest BCUT2D eigenvalue weighted by atomic mass is 10.2. The van der Waals surface area contributed by atoms with E-state index in [-0.39, 0.29) is 5.75 Å². The number of nitrogens with zero attached hydrogens (tertiary/aromatic N) is 1. The molecule has 0 aliphatic carbocycles. The molecule has 0 aromatic heterocycles. The summed E-state index contributed by atoms with van der Waals surface area (Å²) in [6.45, 7) is 1.51. The molecule has 4 nitrogen and oxygen atoms in total. The van der Waals surface area contributed by atoms with E-state index in [4.69, 9.17) is 5.26 Å². The van der Waals surface area contributed by atoms with Crippen molar-refractivity contribution in [2.24, 2.45) is 0 Å². The largest absolute Gasteiger partial charge is 0.213 e. The van der Waals surface area contributed by atoms with Gasteiger partial charge in [-0.2, -0.15) is 9.98 Å². The molecule has 0 bridgehead atoms. The van der Waals surface area contributed by atoms with Crippen LogP contribution in [0, 0.1) is 11.3 Å². The molecule has 0 radical (unpaired) electrons. The average molecular weight is 238 g/mol. The van der Waals surface area contributed by atoms with Gasteiger partial charge in [-0.05, 0) is 18.9 Å². The Bertz CT molecular complexity index is 463. The third kappa shape index (κ3) is 4.43. The minimum absolute atomic E-state index is 0.00301. The number of nitrogens with one attached hydrogen (secondary N) is 1. The number of nitriles is 1. The van der Waals surface area contributed by atoms with Crippen LogP contribution in [-0.2, 0) is 16.4 Å². The molecule has 0 saturated heterocycles. The van der Waals surface area contributed by atoms with E-state index in [0.29, 0.717) is 6.42 Å². The molecule has 16 heavy (non-hydrogen) atoms. The molecule has 1 unspecified atom stereocenters. The number of aryl methyl sites for hydroxylation is 1. The van der Waals surface area contributed by atoms with Gasteiger partial charge in [-0.3, -0.25) is 0 Å². The third-order valence-corrected chi connectivity index (χ3v) is 3.51. The predicted molar refractivity (Wildman–Crippen MR) is 62.1 cm³/mol. The molecule has 1 atom stereocenters. The molecule has 1 N–H and O–H groups in total. The fourth-order valence-electron chi connectivity index (χ4n) is 1.25. The maximum atomic E-state index is 11.5. The normalized spacial score (nSPS) is 13.0. The van der Waals surface area contributed by atoms with Crippen LogP contribution in [0.25, 0.3) is 0 Å². The van der Waals surface area contributed by atoms with E-state index in [9.17, 15) is 8.42 Å². The molecular formula is C11H14N2O2S. The average Bonchev–Trinajstić information content (AvgIpc) is 2.27. The number of sulfonamides is 1. The van der Waals surface area contributed by atoms with Crippen LogP contribution in [0.15, 0.2) is 30.3 Å². The van der Waals surface area contributed by atoms with Gasteiger partial charge in [-0.25, -0.2) is 8.42 Å². The van der Waals surface area contributed by atoms with Crippen molar-refractivity contribution in [2.45, 2.75) is 19.4 Å². The summed E-state index contributed by atoms with van der Waals surface area (Å²) in [5.41, 5.74) is 0.970. The molecule has 0 saturated carbocycles. The summed E-state index contributed by atoms with van der Waals surface area (Å²) in [6.07, 6.45) is 0.453. The first-order valence-corrected chi connectivity index (χ1v) is 6.62. The zero-order chi connectivity index (χ0) is 12.0. The van der Waals surface area contributed by atoms with Gasteiger partial charge in [0, 0.05) is 0 Å². The van der Waals surface area contributed by atoms with Crippen molar-refractivity contribution < 1.29 is 8.42 Å². The Balaban J connectivity index is 2.53. The minimum atomic E-state index is -3.36. The molecular weight excluding hydrogens is 224 g/mol. The highest BCUT2D eigenvalue weighted by Gasteiger charge is 2.13. The lowest BCUT2D eigenvalue weighted by Gasteiger charge is -2.07. The first-order valence-electron chi connectivity index (χ1n) is 4.97. The summed E-state index contributed by atoms with van der Waals surface area (Å²) in [5.74, 6) is 0.00301. The van der Waals surface area contributed by atoms with Crippen molar-refractivity contribution >= 4 is 10.0 Å². The SMILES string of the molecule is CC(C#N)NS(=O)(=O)CCc1ccccc1. The maximum Gasteiger partial charge on any atom is 0.213 e. The van der Waals surface area contributed by atoms with Crippen molar-refractivity contribution in [2.75, 3.05) is 5.75 Å². The van der Waals surface area contributed by atoms with Crippen LogP contribution in [-0.4, -0.2) is 20.2 Å². The van der Waals surface area contributed by atoms with Gasteiger partial charge in [0.1, 0.15) is 6.04 Å². The van der Waals surface area contributed by atoms with Gasteiger partial charge in [-0.15, -0.1) is 0 Å². The van der Waals surface area contributed by atoms with Crippen LogP contribution in [0.1, 0.15) is 12.5 Å². The summed E-state index contributed by atoms with van der Waals surface area (Å²) < 4.78 is 25.3. The Hall–Kier alpha value is -1.38. The fraction of sp³-hybridized carbons (Fsp3) is 0.364. The second-order valence-corrected chi connectivity index (χ2v) is 5.40. The molecule has 0 heterocycles. The number of hydrogen-bond acceptors (Lipinski definition) is 3. The Labute approximate surface area is 96.0 Å². The molecule has 0 amide bonds. The van der Waals surface area contributed by atoms with Gasteiger partial charge in [-0.1, -0.05) is 30.3 Å². The molecule has 86 valence electrons. The molecule has 1 aromatic carbocycles. The summed E-state index contributed by atoms with van der Waals surface area (Å²) in [4.78, 5) is 0. The zero-order valence-corrected chi connectivity index (χ0v) is 9.87. The van der Waals surface area contributed by atoms with Crippen molar-refractivity contribution in [3.05, 3.63) is 35.9 Å². The Morgan fingerprint density at radius 3 is 2.56 bits per heavy atom. The van der Waals surface area contributed by atoms with Gasteiger partial charge in [0.05, 0.1) is 11.8 Å². The Morgan fingerprint density at radius 2 is 2.00 bits per heavy atom. The van der Waals surface area contributed by atoms with Gasteiger partial charge >= 0.3 is 0 Å². The van der Waals surface area contributed by atoms with E-state index in [1.54, 1.807) is 0 Å². The smallest absolute Gasteiger partial charge is 0.212 e. The molecule has 1 rings (SSSR count). The van der Waals surface area contributed by atoms with E-state index < -0.39 is 16.1 Å². The molecule has 0 spiro atoms. The molecule has 0 aliphatic rings. The van der Waals surface area contributed by atoms with Crippen LogP contribution in [0.4, 0.5) is 0 Å². The van der Waals surface area contributed by atoms with Crippen molar-refractivity contribution in [3.8, 4) is 6.07 Å². The highest BCUT2D eigenvalue weighted by atomic mass is 32.2. The minimum Gasteiger partial charge on any atom is -0.212 e.